The molecule has 1 aliphatic carbocycles. The summed E-state index contributed by atoms with van der Waals surface area (Å²) in [6, 6.07) is 8.24. The number of aromatic nitrogens is 3. The van der Waals surface area contributed by atoms with E-state index in [2.05, 4.69) is 51.9 Å². The van der Waals surface area contributed by atoms with Crippen LogP contribution in [0.25, 0.3) is 11.4 Å². The van der Waals surface area contributed by atoms with Gasteiger partial charge in [0.1, 0.15) is 0 Å². The Morgan fingerprint density at radius 2 is 2.07 bits per heavy atom. The van der Waals surface area contributed by atoms with Gasteiger partial charge >= 0.3 is 0 Å². The van der Waals surface area contributed by atoms with Crippen molar-refractivity contribution >= 4 is 33.6 Å². The summed E-state index contributed by atoms with van der Waals surface area (Å²) < 4.78 is 3.02. The van der Waals surface area contributed by atoms with Gasteiger partial charge in [-0.05, 0) is 30.4 Å². The topological polar surface area (TPSA) is 59.8 Å². The van der Waals surface area contributed by atoms with E-state index in [1.54, 1.807) is 0 Å². The van der Waals surface area contributed by atoms with Crippen molar-refractivity contribution in [3.8, 4) is 11.4 Å². The predicted octanol–water partition coefficient (Wildman–Crippen LogP) is 4.93. The van der Waals surface area contributed by atoms with Gasteiger partial charge in [-0.1, -0.05) is 72.6 Å². The highest BCUT2D eigenvalue weighted by Crippen LogP contribution is 2.30. The molecule has 1 amide bonds. The molecule has 5 nitrogen and oxygen atoms in total. The smallest absolute Gasteiger partial charge is 0.230 e. The Morgan fingerprint density at radius 3 is 2.79 bits per heavy atom. The van der Waals surface area contributed by atoms with Gasteiger partial charge in [-0.3, -0.25) is 9.36 Å². The van der Waals surface area contributed by atoms with Crippen LogP contribution in [-0.2, 0) is 11.3 Å². The SMILES string of the molecule is C=CCn1c(SCC(=O)NC2CCCC(C)C2C)nnc1-c1ccc(Br)cc1. The number of benzene rings is 1. The minimum absolute atomic E-state index is 0.0642. The van der Waals surface area contributed by atoms with Gasteiger partial charge in [0.2, 0.25) is 5.91 Å². The summed E-state index contributed by atoms with van der Waals surface area (Å²) in [7, 11) is 0. The maximum absolute atomic E-state index is 12.5. The molecule has 1 aromatic heterocycles. The quantitative estimate of drug-likeness (QED) is 0.468. The molecule has 150 valence electrons. The first-order valence-electron chi connectivity index (χ1n) is 9.71. The molecular weight excluding hydrogens is 436 g/mol. The van der Waals surface area contributed by atoms with Gasteiger partial charge in [-0.2, -0.15) is 0 Å². The first-order valence-corrected chi connectivity index (χ1v) is 11.5. The Labute approximate surface area is 179 Å². The fraction of sp³-hybridized carbons (Fsp3) is 0.476. The monoisotopic (exact) mass is 462 g/mol. The van der Waals surface area contributed by atoms with Gasteiger partial charge in [0.15, 0.2) is 11.0 Å². The molecule has 0 bridgehead atoms. The number of nitrogens with zero attached hydrogens (tertiary/aromatic N) is 3. The lowest BCUT2D eigenvalue weighted by molar-refractivity contribution is -0.120. The zero-order valence-electron chi connectivity index (χ0n) is 16.4. The lowest BCUT2D eigenvalue weighted by Crippen LogP contribution is -2.44. The molecule has 3 atom stereocenters. The van der Waals surface area contributed by atoms with Crippen molar-refractivity contribution in [2.45, 2.75) is 50.9 Å². The van der Waals surface area contributed by atoms with E-state index in [1.165, 1.54) is 24.6 Å². The van der Waals surface area contributed by atoms with Gasteiger partial charge in [0, 0.05) is 22.6 Å². The molecule has 3 unspecified atom stereocenters. The lowest BCUT2D eigenvalue weighted by Gasteiger charge is -2.34. The summed E-state index contributed by atoms with van der Waals surface area (Å²) in [4.78, 5) is 12.5. The van der Waals surface area contributed by atoms with Crippen molar-refractivity contribution in [3.63, 3.8) is 0 Å². The maximum Gasteiger partial charge on any atom is 0.230 e. The maximum atomic E-state index is 12.5. The molecule has 7 heteroatoms. The second-order valence-corrected chi connectivity index (χ2v) is 9.30. The molecule has 1 aromatic carbocycles. The Kier molecular flexibility index (Phi) is 7.35. The molecule has 1 aliphatic rings. The Hall–Kier alpha value is -1.60. The van der Waals surface area contributed by atoms with Crippen molar-refractivity contribution in [2.24, 2.45) is 11.8 Å². The first-order chi connectivity index (χ1) is 13.5. The molecule has 2 aromatic rings. The molecule has 1 heterocycles. The number of nitrogens with one attached hydrogen (secondary N) is 1. The third-order valence-corrected chi connectivity index (χ3v) is 7.01. The van der Waals surface area contributed by atoms with E-state index in [0.29, 0.717) is 24.1 Å². The fourth-order valence-corrected chi connectivity index (χ4v) is 4.69. The van der Waals surface area contributed by atoms with E-state index in [-0.39, 0.29) is 11.9 Å². The number of amides is 1. The van der Waals surface area contributed by atoms with Gasteiger partial charge in [-0.25, -0.2) is 0 Å². The minimum atomic E-state index is 0.0642. The van der Waals surface area contributed by atoms with Crippen LogP contribution in [0.2, 0.25) is 0 Å². The third kappa shape index (κ3) is 5.06. The summed E-state index contributed by atoms with van der Waals surface area (Å²) in [6.07, 6.45) is 5.34. The zero-order valence-corrected chi connectivity index (χ0v) is 18.8. The zero-order chi connectivity index (χ0) is 20.1. The fourth-order valence-electron chi connectivity index (χ4n) is 3.67. The molecule has 0 saturated heterocycles. The average molecular weight is 463 g/mol. The molecule has 0 spiro atoms. The van der Waals surface area contributed by atoms with E-state index in [4.69, 9.17) is 0 Å². The summed E-state index contributed by atoms with van der Waals surface area (Å²) in [5.74, 6) is 2.37. The predicted molar refractivity (Wildman–Crippen MR) is 118 cm³/mol. The summed E-state index contributed by atoms with van der Waals surface area (Å²) in [5.41, 5.74) is 0.985. The highest BCUT2D eigenvalue weighted by molar-refractivity contribution is 9.10. The van der Waals surface area contributed by atoms with Crippen LogP contribution in [0, 0.1) is 11.8 Å². The first kappa shape index (κ1) is 21.1. The van der Waals surface area contributed by atoms with E-state index < -0.39 is 0 Å². The van der Waals surface area contributed by atoms with E-state index in [9.17, 15) is 4.79 Å². The van der Waals surface area contributed by atoms with E-state index in [0.717, 1.165) is 27.4 Å². The largest absolute Gasteiger partial charge is 0.352 e. The second kappa shape index (κ2) is 9.74. The number of carbonyl (C=O) groups excluding carboxylic acids is 1. The molecule has 1 N–H and O–H groups in total. The van der Waals surface area contributed by atoms with Crippen LogP contribution in [0.3, 0.4) is 0 Å². The minimum Gasteiger partial charge on any atom is -0.352 e. The summed E-state index contributed by atoms with van der Waals surface area (Å²) in [6.45, 7) is 8.96. The van der Waals surface area contributed by atoms with Crippen molar-refractivity contribution < 1.29 is 4.79 Å². The highest BCUT2D eigenvalue weighted by Gasteiger charge is 2.28. The molecule has 3 rings (SSSR count). The number of halogens is 1. The van der Waals surface area contributed by atoms with Crippen molar-refractivity contribution in [1.82, 2.24) is 20.1 Å². The molecule has 1 saturated carbocycles. The highest BCUT2D eigenvalue weighted by atomic mass is 79.9. The van der Waals surface area contributed by atoms with Crippen LogP contribution >= 0.6 is 27.7 Å². The van der Waals surface area contributed by atoms with Crippen molar-refractivity contribution in [2.75, 3.05) is 5.75 Å². The van der Waals surface area contributed by atoms with Crippen molar-refractivity contribution in [3.05, 3.63) is 41.4 Å². The van der Waals surface area contributed by atoms with E-state index >= 15 is 0 Å². The average Bonchev–Trinajstić information content (AvgIpc) is 3.07. The molecule has 0 radical (unpaired) electrons. The normalized spacial score (nSPS) is 22.0. The molecule has 1 fully saturated rings. The molecule has 28 heavy (non-hydrogen) atoms. The van der Waals surface area contributed by atoms with Crippen LogP contribution < -0.4 is 5.32 Å². The van der Waals surface area contributed by atoms with E-state index in [1.807, 2.05) is 34.9 Å². The van der Waals surface area contributed by atoms with Gasteiger partial charge < -0.3 is 5.32 Å². The molecule has 0 aliphatic heterocycles. The van der Waals surface area contributed by atoms with Crippen LogP contribution in [0.1, 0.15) is 33.1 Å². The van der Waals surface area contributed by atoms with Gasteiger partial charge in [0.25, 0.3) is 0 Å². The number of thioether (sulfide) groups is 1. The van der Waals surface area contributed by atoms with Gasteiger partial charge in [-0.15, -0.1) is 16.8 Å². The summed E-state index contributed by atoms with van der Waals surface area (Å²) >= 11 is 4.88. The number of hydrogen-bond acceptors (Lipinski definition) is 4. The number of rotatable bonds is 7. The second-order valence-electron chi connectivity index (χ2n) is 7.44. The van der Waals surface area contributed by atoms with Crippen LogP contribution in [0.15, 0.2) is 46.5 Å². The standard InChI is InChI=1S/C21H27BrN4OS/c1-4-12-26-20(16-8-10-17(22)11-9-16)24-25-21(26)28-13-19(27)23-18-7-5-6-14(2)15(18)3/h4,8-11,14-15,18H,1,5-7,12-13H2,2-3H3,(H,23,27). The lowest BCUT2D eigenvalue weighted by atomic mass is 9.78. The van der Waals surface area contributed by atoms with Crippen LogP contribution in [0.5, 0.6) is 0 Å². The van der Waals surface area contributed by atoms with Gasteiger partial charge in [0.05, 0.1) is 5.75 Å². The third-order valence-electron chi connectivity index (χ3n) is 5.52. The van der Waals surface area contributed by atoms with Crippen LogP contribution in [-0.4, -0.2) is 32.5 Å². The van der Waals surface area contributed by atoms with Crippen LogP contribution in [0.4, 0.5) is 0 Å². The molecular formula is C21H27BrN4OS. The van der Waals surface area contributed by atoms with Crippen molar-refractivity contribution in [1.29, 1.82) is 0 Å². The Bertz CT molecular complexity index is 820. The summed E-state index contributed by atoms with van der Waals surface area (Å²) in [5, 5.41) is 12.6. The number of carbonyl (C=O) groups is 1. The Balaban J connectivity index is 1.66. The number of hydrogen-bond donors (Lipinski definition) is 1. The Morgan fingerprint density at radius 1 is 1.32 bits per heavy atom. The number of allylic oxidation sites excluding steroid dienone is 1.